The van der Waals surface area contributed by atoms with Crippen LogP contribution in [0.3, 0.4) is 0 Å². The smallest absolute Gasteiger partial charge is 0.261 e. The maximum Gasteiger partial charge on any atom is 0.261 e. The average Bonchev–Trinajstić information content (AvgIpc) is 3.04. The van der Waals surface area contributed by atoms with E-state index >= 15 is 0 Å². The lowest BCUT2D eigenvalue weighted by Crippen LogP contribution is -2.39. The highest BCUT2D eigenvalue weighted by molar-refractivity contribution is 7.97. The lowest BCUT2D eigenvalue weighted by molar-refractivity contribution is -0.132. The van der Waals surface area contributed by atoms with Crippen LogP contribution in [0.4, 0.5) is 0 Å². The Labute approximate surface area is 134 Å². The summed E-state index contributed by atoms with van der Waals surface area (Å²) in [6, 6.07) is 18.4. The van der Waals surface area contributed by atoms with Crippen LogP contribution in [-0.4, -0.2) is 27.2 Å². The third-order valence-corrected chi connectivity index (χ3v) is 4.94. The van der Waals surface area contributed by atoms with Crippen molar-refractivity contribution in [1.29, 1.82) is 0 Å². The van der Waals surface area contributed by atoms with Crippen LogP contribution in [0.1, 0.15) is 12.0 Å². The van der Waals surface area contributed by atoms with Gasteiger partial charge in [-0.15, -0.1) is 0 Å². The van der Waals surface area contributed by atoms with Gasteiger partial charge in [-0.1, -0.05) is 66.5 Å². The van der Waals surface area contributed by atoms with Crippen molar-refractivity contribution in [2.24, 2.45) is 0 Å². The lowest BCUT2D eigenvalue weighted by atomic mass is 10.0. The summed E-state index contributed by atoms with van der Waals surface area (Å²) in [6.07, 6.45) is 0.763. The second-order valence-electron chi connectivity index (χ2n) is 5.25. The molecule has 1 aliphatic heterocycles. The number of carbonyl (C=O) groups is 1. The van der Waals surface area contributed by atoms with Crippen LogP contribution in [0.15, 0.2) is 54.6 Å². The molecule has 1 saturated heterocycles. The molecule has 1 atom stereocenters. The number of nitrogens with zero attached hydrogens (tertiary/aromatic N) is 1. The maximum atomic E-state index is 11.6. The topological polar surface area (TPSA) is 52.6 Å². The van der Waals surface area contributed by atoms with Gasteiger partial charge in [-0.2, -0.15) is 0 Å². The van der Waals surface area contributed by atoms with Crippen molar-refractivity contribution in [3.05, 3.63) is 60.2 Å². The first-order valence-corrected chi connectivity index (χ1v) is 8.20. The van der Waals surface area contributed by atoms with Crippen LogP contribution in [-0.2, 0) is 11.3 Å². The molecule has 1 unspecified atom stereocenters. The highest BCUT2D eigenvalue weighted by atomic mass is 32.2. The molecule has 0 radical (unpaired) electrons. The zero-order valence-corrected chi connectivity index (χ0v) is 12.9. The fourth-order valence-corrected chi connectivity index (χ4v) is 3.81. The van der Waals surface area contributed by atoms with Gasteiger partial charge in [0.2, 0.25) is 0 Å². The molecule has 5 heteroatoms. The molecule has 1 heterocycles. The van der Waals surface area contributed by atoms with Crippen LogP contribution in [0, 0.1) is 0 Å². The van der Waals surface area contributed by atoms with Gasteiger partial charge >= 0.3 is 0 Å². The third-order valence-electron chi connectivity index (χ3n) is 3.81. The van der Waals surface area contributed by atoms with Gasteiger partial charge in [0.1, 0.15) is 6.04 Å². The number of nitrogens with one attached hydrogen (secondary N) is 1. The van der Waals surface area contributed by atoms with Gasteiger partial charge in [0.25, 0.3) is 5.91 Å². The third kappa shape index (κ3) is 3.32. The summed E-state index contributed by atoms with van der Waals surface area (Å²) >= 11 is 1.65. The zero-order valence-electron chi connectivity index (χ0n) is 12.1. The first kappa shape index (κ1) is 15.1. The molecule has 3 rings (SSSR count). The van der Waals surface area contributed by atoms with Gasteiger partial charge in [-0.25, -0.2) is 9.79 Å². The van der Waals surface area contributed by atoms with Crippen molar-refractivity contribution in [2.45, 2.75) is 19.0 Å². The van der Waals surface area contributed by atoms with Crippen molar-refractivity contribution in [2.75, 3.05) is 5.75 Å². The number of hydrogen-bond acceptors (Lipinski definition) is 4. The molecule has 0 saturated carbocycles. The molecule has 22 heavy (non-hydrogen) atoms. The number of hydrogen-bond donors (Lipinski definition) is 2. The van der Waals surface area contributed by atoms with Crippen LogP contribution in [0.25, 0.3) is 11.1 Å². The van der Waals surface area contributed by atoms with Crippen LogP contribution in [0.5, 0.6) is 0 Å². The molecule has 4 nitrogen and oxygen atoms in total. The molecule has 1 aliphatic rings. The maximum absolute atomic E-state index is 11.6. The average molecular weight is 314 g/mol. The summed E-state index contributed by atoms with van der Waals surface area (Å²) in [5, 5.41) is 8.81. The van der Waals surface area contributed by atoms with Crippen LogP contribution < -0.4 is 5.48 Å². The van der Waals surface area contributed by atoms with E-state index in [9.17, 15) is 4.79 Å². The molecule has 1 fully saturated rings. The Balaban J connectivity index is 1.70. The van der Waals surface area contributed by atoms with Gasteiger partial charge in [0, 0.05) is 12.3 Å². The largest absolute Gasteiger partial charge is 0.289 e. The molecule has 2 N–H and O–H groups in total. The van der Waals surface area contributed by atoms with Crippen molar-refractivity contribution in [1.82, 2.24) is 9.79 Å². The molecule has 2 aromatic carbocycles. The number of benzene rings is 2. The predicted molar refractivity (Wildman–Crippen MR) is 88.2 cm³/mol. The predicted octanol–water partition coefficient (Wildman–Crippen LogP) is 3.08. The Bertz CT molecular complexity index is 631. The summed E-state index contributed by atoms with van der Waals surface area (Å²) in [5.41, 5.74) is 5.30. The van der Waals surface area contributed by atoms with Gasteiger partial charge in [0.15, 0.2) is 0 Å². The van der Waals surface area contributed by atoms with Crippen molar-refractivity contribution < 1.29 is 10.0 Å². The monoisotopic (exact) mass is 314 g/mol. The van der Waals surface area contributed by atoms with Crippen LogP contribution in [0.2, 0.25) is 0 Å². The van der Waals surface area contributed by atoms with E-state index in [1.165, 1.54) is 11.1 Å². The van der Waals surface area contributed by atoms with Gasteiger partial charge in [0.05, 0.1) is 0 Å². The molecule has 0 aliphatic carbocycles. The van der Waals surface area contributed by atoms with E-state index in [4.69, 9.17) is 5.21 Å². The van der Waals surface area contributed by atoms with E-state index in [-0.39, 0.29) is 11.9 Å². The van der Waals surface area contributed by atoms with E-state index in [1.54, 1.807) is 17.4 Å². The molecule has 1 amide bonds. The Kier molecular flexibility index (Phi) is 4.77. The minimum atomic E-state index is -0.328. The van der Waals surface area contributed by atoms with E-state index in [1.807, 2.05) is 22.5 Å². The first-order chi connectivity index (χ1) is 10.8. The SMILES string of the molecule is O=C(NO)C1CCSN1Cc1ccc(-c2ccccc2)cc1. The first-order valence-electron chi connectivity index (χ1n) is 7.26. The molecular formula is C17H18N2O2S. The van der Waals surface area contributed by atoms with Gasteiger partial charge < -0.3 is 0 Å². The Morgan fingerprint density at radius 3 is 2.50 bits per heavy atom. The zero-order chi connectivity index (χ0) is 15.4. The number of rotatable bonds is 4. The standard InChI is InChI=1S/C17H18N2O2S/c20-17(18-21)16-10-11-22-19(16)12-13-6-8-15(9-7-13)14-4-2-1-3-5-14/h1-9,16,21H,10-12H2,(H,18,20). The van der Waals surface area contributed by atoms with Gasteiger partial charge in [-0.05, 0) is 23.1 Å². The Hall–Kier alpha value is -1.82. The van der Waals surface area contributed by atoms with Crippen LogP contribution >= 0.6 is 11.9 Å². The van der Waals surface area contributed by atoms with E-state index < -0.39 is 0 Å². The quantitative estimate of drug-likeness (QED) is 0.517. The van der Waals surface area contributed by atoms with Crippen molar-refractivity contribution in [3.8, 4) is 11.1 Å². The fourth-order valence-electron chi connectivity index (χ4n) is 2.62. The summed E-state index contributed by atoms with van der Waals surface area (Å²) in [5.74, 6) is 0.575. The van der Waals surface area contributed by atoms with E-state index in [2.05, 4.69) is 36.4 Å². The summed E-state index contributed by atoms with van der Waals surface area (Å²) in [7, 11) is 0. The van der Waals surface area contributed by atoms with E-state index in [0.717, 1.165) is 17.7 Å². The number of amides is 1. The van der Waals surface area contributed by atoms with Crippen molar-refractivity contribution >= 4 is 17.9 Å². The molecule has 0 spiro atoms. The second-order valence-corrected chi connectivity index (χ2v) is 6.39. The summed E-state index contributed by atoms with van der Waals surface area (Å²) in [4.78, 5) is 11.6. The lowest BCUT2D eigenvalue weighted by Gasteiger charge is -2.21. The van der Waals surface area contributed by atoms with Gasteiger partial charge in [-0.3, -0.25) is 10.0 Å². The normalized spacial score (nSPS) is 18.3. The highest BCUT2D eigenvalue weighted by Gasteiger charge is 2.31. The number of hydroxylamine groups is 1. The highest BCUT2D eigenvalue weighted by Crippen LogP contribution is 2.29. The molecule has 114 valence electrons. The number of carbonyl (C=O) groups excluding carboxylic acids is 1. The molecule has 0 aromatic heterocycles. The Morgan fingerprint density at radius 1 is 1.14 bits per heavy atom. The fraction of sp³-hybridized carbons (Fsp3) is 0.235. The minimum Gasteiger partial charge on any atom is -0.289 e. The van der Waals surface area contributed by atoms with Crippen molar-refractivity contribution in [3.63, 3.8) is 0 Å². The summed E-state index contributed by atoms with van der Waals surface area (Å²) in [6.45, 7) is 0.692. The minimum absolute atomic E-state index is 0.260. The summed E-state index contributed by atoms with van der Waals surface area (Å²) < 4.78 is 2.03. The molecule has 0 bridgehead atoms. The van der Waals surface area contributed by atoms with E-state index in [0.29, 0.717) is 6.54 Å². The molecule has 2 aromatic rings. The molecular weight excluding hydrogens is 296 g/mol. The Morgan fingerprint density at radius 2 is 1.82 bits per heavy atom. The second kappa shape index (κ2) is 6.96.